The van der Waals surface area contributed by atoms with Crippen LogP contribution in [0.2, 0.25) is 5.02 Å². The number of rotatable bonds is 7. The quantitative estimate of drug-likeness (QED) is 0.813. The van der Waals surface area contributed by atoms with E-state index in [2.05, 4.69) is 0 Å². The van der Waals surface area contributed by atoms with Gasteiger partial charge in [-0.15, -0.1) is 0 Å². The topological polar surface area (TPSA) is 76.1 Å². The second-order valence-corrected chi connectivity index (χ2v) is 6.21. The molecule has 0 spiro atoms. The van der Waals surface area contributed by atoms with Crippen molar-refractivity contribution in [2.75, 3.05) is 26.4 Å². The molecule has 0 aromatic heterocycles. The molecule has 1 aromatic rings. The minimum absolute atomic E-state index is 0.000477. The highest BCUT2D eigenvalue weighted by atomic mass is 35.5. The first kappa shape index (κ1) is 18.5. The third-order valence-corrected chi connectivity index (χ3v) is 4.24. The van der Waals surface area contributed by atoms with E-state index >= 15 is 0 Å². The lowest BCUT2D eigenvalue weighted by atomic mass is 10.1. The molecule has 2 rings (SSSR count). The van der Waals surface area contributed by atoms with Gasteiger partial charge >= 0.3 is 5.97 Å². The number of aryl methyl sites for hydroxylation is 1. The van der Waals surface area contributed by atoms with E-state index in [4.69, 9.17) is 26.2 Å². The van der Waals surface area contributed by atoms with Crippen molar-refractivity contribution in [3.63, 3.8) is 0 Å². The molecule has 1 aliphatic heterocycles. The van der Waals surface area contributed by atoms with E-state index in [0.29, 0.717) is 36.8 Å². The summed E-state index contributed by atoms with van der Waals surface area (Å²) < 4.78 is 10.9. The highest BCUT2D eigenvalue weighted by Gasteiger charge is 2.26. The predicted molar refractivity (Wildman–Crippen MR) is 89.5 cm³/mol. The molecular formula is C17H22ClNO5. The van der Waals surface area contributed by atoms with Crippen LogP contribution in [-0.4, -0.2) is 54.3 Å². The highest BCUT2D eigenvalue weighted by Crippen LogP contribution is 2.22. The molecule has 0 atom stereocenters. The first-order chi connectivity index (χ1) is 11.5. The van der Waals surface area contributed by atoms with Crippen LogP contribution in [0.1, 0.15) is 24.8 Å². The molecule has 24 heavy (non-hydrogen) atoms. The van der Waals surface area contributed by atoms with E-state index in [-0.39, 0.29) is 31.5 Å². The van der Waals surface area contributed by atoms with Crippen molar-refractivity contribution < 1.29 is 24.2 Å². The summed E-state index contributed by atoms with van der Waals surface area (Å²) >= 11 is 5.90. The molecule has 1 saturated heterocycles. The summed E-state index contributed by atoms with van der Waals surface area (Å²) in [5.74, 6) is -0.537. The van der Waals surface area contributed by atoms with Crippen molar-refractivity contribution in [1.82, 2.24) is 4.90 Å². The van der Waals surface area contributed by atoms with Gasteiger partial charge in [0.25, 0.3) is 5.91 Å². The molecule has 1 aliphatic rings. The lowest BCUT2D eigenvalue weighted by Gasteiger charge is -2.34. The van der Waals surface area contributed by atoms with Crippen molar-refractivity contribution in [1.29, 1.82) is 0 Å². The first-order valence-electron chi connectivity index (χ1n) is 7.95. The maximum atomic E-state index is 12.5. The van der Waals surface area contributed by atoms with Crippen LogP contribution in [0.3, 0.4) is 0 Å². The Hall–Kier alpha value is -1.79. The largest absolute Gasteiger partial charge is 0.483 e. The zero-order valence-electron chi connectivity index (χ0n) is 13.7. The average Bonchev–Trinajstić information content (AvgIpc) is 2.55. The van der Waals surface area contributed by atoms with Crippen LogP contribution in [0.5, 0.6) is 5.75 Å². The highest BCUT2D eigenvalue weighted by molar-refractivity contribution is 6.30. The Balaban J connectivity index is 1.98. The van der Waals surface area contributed by atoms with Crippen LogP contribution in [0, 0.1) is 6.92 Å². The number of aliphatic carboxylic acids is 1. The van der Waals surface area contributed by atoms with Gasteiger partial charge in [0.1, 0.15) is 5.75 Å². The number of amides is 1. The molecule has 0 aliphatic carbocycles. The molecule has 132 valence electrons. The molecular weight excluding hydrogens is 334 g/mol. The monoisotopic (exact) mass is 355 g/mol. The SMILES string of the molecule is Cc1cc(Cl)ccc1OCC(=O)N(CCC(=O)O)C1CCOCC1. The van der Waals surface area contributed by atoms with Crippen LogP contribution >= 0.6 is 11.6 Å². The zero-order valence-corrected chi connectivity index (χ0v) is 14.4. The number of halogens is 1. The summed E-state index contributed by atoms with van der Waals surface area (Å²) in [6.07, 6.45) is 1.35. The Kier molecular flexibility index (Phi) is 6.87. The number of hydrogen-bond donors (Lipinski definition) is 1. The molecule has 1 fully saturated rings. The molecule has 0 radical (unpaired) electrons. The van der Waals surface area contributed by atoms with Gasteiger partial charge in [-0.05, 0) is 43.5 Å². The van der Waals surface area contributed by atoms with Gasteiger partial charge in [0.2, 0.25) is 0 Å². The van der Waals surface area contributed by atoms with E-state index in [1.807, 2.05) is 6.92 Å². The Bertz CT molecular complexity index is 586. The molecule has 6 nitrogen and oxygen atoms in total. The summed E-state index contributed by atoms with van der Waals surface area (Å²) in [4.78, 5) is 25.0. The van der Waals surface area contributed by atoms with Gasteiger partial charge in [-0.1, -0.05) is 11.6 Å². The van der Waals surface area contributed by atoms with E-state index in [9.17, 15) is 9.59 Å². The number of carbonyl (C=O) groups is 2. The van der Waals surface area contributed by atoms with Gasteiger partial charge in [-0.3, -0.25) is 9.59 Å². The molecule has 0 saturated carbocycles. The summed E-state index contributed by atoms with van der Waals surface area (Å²) in [5.41, 5.74) is 0.846. The number of carboxylic acid groups (broad SMARTS) is 1. The molecule has 1 amide bonds. The van der Waals surface area contributed by atoms with Crippen LogP contribution in [0.25, 0.3) is 0 Å². The molecule has 0 unspecified atom stereocenters. The van der Waals surface area contributed by atoms with Gasteiger partial charge in [-0.2, -0.15) is 0 Å². The van der Waals surface area contributed by atoms with Gasteiger partial charge in [0, 0.05) is 30.8 Å². The summed E-state index contributed by atoms with van der Waals surface area (Å²) in [6, 6.07) is 5.19. The van der Waals surface area contributed by atoms with E-state index in [1.165, 1.54) is 0 Å². The summed E-state index contributed by atoms with van der Waals surface area (Å²) in [7, 11) is 0. The molecule has 0 bridgehead atoms. The van der Waals surface area contributed by atoms with Gasteiger partial charge in [0.05, 0.1) is 6.42 Å². The van der Waals surface area contributed by atoms with Crippen molar-refractivity contribution in [2.24, 2.45) is 0 Å². The van der Waals surface area contributed by atoms with Crippen molar-refractivity contribution in [3.8, 4) is 5.75 Å². The maximum absolute atomic E-state index is 12.5. The van der Waals surface area contributed by atoms with Crippen molar-refractivity contribution in [3.05, 3.63) is 28.8 Å². The third-order valence-electron chi connectivity index (χ3n) is 4.01. The minimum atomic E-state index is -0.922. The molecule has 1 N–H and O–H groups in total. The Morgan fingerprint density at radius 2 is 2.08 bits per heavy atom. The zero-order chi connectivity index (χ0) is 17.5. The average molecular weight is 356 g/mol. The van der Waals surface area contributed by atoms with Crippen LogP contribution < -0.4 is 4.74 Å². The number of hydrogen-bond acceptors (Lipinski definition) is 4. The number of nitrogens with zero attached hydrogens (tertiary/aromatic N) is 1. The summed E-state index contributed by atoms with van der Waals surface area (Å²) in [6.45, 7) is 3.07. The number of ether oxygens (including phenoxy) is 2. The van der Waals surface area contributed by atoms with Crippen LogP contribution in [0.15, 0.2) is 18.2 Å². The minimum Gasteiger partial charge on any atom is -0.483 e. The first-order valence-corrected chi connectivity index (χ1v) is 8.33. The van der Waals surface area contributed by atoms with Crippen LogP contribution in [-0.2, 0) is 14.3 Å². The van der Waals surface area contributed by atoms with Gasteiger partial charge in [-0.25, -0.2) is 0 Å². The second kappa shape index (κ2) is 8.89. The van der Waals surface area contributed by atoms with E-state index < -0.39 is 5.97 Å². The van der Waals surface area contributed by atoms with E-state index in [1.54, 1.807) is 23.1 Å². The summed E-state index contributed by atoms with van der Waals surface area (Å²) in [5, 5.41) is 9.51. The Labute approximate surface area is 146 Å². The van der Waals surface area contributed by atoms with Crippen molar-refractivity contribution >= 4 is 23.5 Å². The normalized spacial score (nSPS) is 15.1. The second-order valence-electron chi connectivity index (χ2n) is 5.77. The molecule has 7 heteroatoms. The fourth-order valence-corrected chi connectivity index (χ4v) is 2.95. The van der Waals surface area contributed by atoms with Gasteiger partial charge < -0.3 is 19.5 Å². The number of carbonyl (C=O) groups excluding carboxylic acids is 1. The standard InChI is InChI=1S/C17H22ClNO5/c1-12-10-13(18)2-3-15(12)24-11-16(20)19(7-4-17(21)22)14-5-8-23-9-6-14/h2-3,10,14H,4-9,11H2,1H3,(H,21,22). The Morgan fingerprint density at radius 3 is 2.71 bits per heavy atom. The number of benzene rings is 1. The fraction of sp³-hybridized carbons (Fsp3) is 0.529. The van der Waals surface area contributed by atoms with E-state index in [0.717, 1.165) is 5.56 Å². The third kappa shape index (κ3) is 5.39. The van der Waals surface area contributed by atoms with Crippen molar-refractivity contribution in [2.45, 2.75) is 32.2 Å². The molecule has 1 heterocycles. The smallest absolute Gasteiger partial charge is 0.305 e. The fourth-order valence-electron chi connectivity index (χ4n) is 2.72. The Morgan fingerprint density at radius 1 is 1.38 bits per heavy atom. The number of carboxylic acids is 1. The molecule has 1 aromatic carbocycles. The lowest BCUT2D eigenvalue weighted by Crippen LogP contribution is -2.46. The lowest BCUT2D eigenvalue weighted by molar-refractivity contribution is -0.141. The van der Waals surface area contributed by atoms with Gasteiger partial charge in [0.15, 0.2) is 6.61 Å². The predicted octanol–water partition coefficient (Wildman–Crippen LogP) is 2.51. The maximum Gasteiger partial charge on any atom is 0.305 e. The van der Waals surface area contributed by atoms with Crippen LogP contribution in [0.4, 0.5) is 0 Å².